The number of fused-ring (bicyclic) bond motifs is 1. The number of benzene rings is 3. The average molecular weight is 415 g/mol. The van der Waals surface area contributed by atoms with Crippen molar-refractivity contribution in [1.82, 2.24) is 5.32 Å². The molecule has 0 atom stereocenters. The number of nitrogens with one attached hydrogen (secondary N) is 1. The van der Waals surface area contributed by atoms with E-state index in [1.54, 1.807) is 13.2 Å². The van der Waals surface area contributed by atoms with Gasteiger partial charge in [-0.15, -0.1) is 0 Å². The van der Waals surface area contributed by atoms with Crippen molar-refractivity contribution in [3.63, 3.8) is 0 Å². The van der Waals surface area contributed by atoms with Gasteiger partial charge in [-0.1, -0.05) is 48.5 Å². The van der Waals surface area contributed by atoms with Crippen LogP contribution in [0.5, 0.6) is 5.75 Å². The number of aryl methyl sites for hydroxylation is 1. The minimum Gasteiger partial charge on any atom is -0.497 e. The van der Waals surface area contributed by atoms with Gasteiger partial charge in [0.05, 0.1) is 13.7 Å². The number of rotatable bonds is 7. The maximum absolute atomic E-state index is 12.5. The summed E-state index contributed by atoms with van der Waals surface area (Å²) < 4.78 is 11.0. The molecule has 1 heterocycles. The van der Waals surface area contributed by atoms with E-state index in [9.17, 15) is 4.79 Å². The molecule has 5 nitrogen and oxygen atoms in total. The molecule has 0 spiro atoms. The summed E-state index contributed by atoms with van der Waals surface area (Å²) in [4.78, 5) is 12.5. The second kappa shape index (κ2) is 9.06. The van der Waals surface area contributed by atoms with E-state index in [1.807, 2.05) is 43.3 Å². The fourth-order valence-electron chi connectivity index (χ4n) is 3.60. The number of hydrogen-bond donors (Lipinski definition) is 2. The van der Waals surface area contributed by atoms with E-state index >= 15 is 0 Å². The van der Waals surface area contributed by atoms with Gasteiger partial charge in [-0.3, -0.25) is 4.79 Å². The minimum absolute atomic E-state index is 0.0484. The summed E-state index contributed by atoms with van der Waals surface area (Å²) in [6.45, 7) is 2.50. The Labute approximate surface area is 181 Å². The number of ether oxygens (including phenoxy) is 1. The van der Waals surface area contributed by atoms with Crippen LogP contribution in [0.15, 0.2) is 71.1 Å². The molecule has 1 aromatic heterocycles. The molecule has 5 heteroatoms. The van der Waals surface area contributed by atoms with Crippen molar-refractivity contribution in [3.05, 3.63) is 89.2 Å². The van der Waals surface area contributed by atoms with Crippen molar-refractivity contribution in [2.75, 3.05) is 13.7 Å². The Morgan fingerprint density at radius 3 is 2.23 bits per heavy atom. The van der Waals surface area contributed by atoms with Crippen LogP contribution >= 0.6 is 0 Å². The van der Waals surface area contributed by atoms with Crippen LogP contribution in [0.25, 0.3) is 22.1 Å². The lowest BCUT2D eigenvalue weighted by molar-refractivity contribution is 0.0928. The van der Waals surface area contributed by atoms with Crippen LogP contribution in [0.1, 0.15) is 27.2 Å². The van der Waals surface area contributed by atoms with Gasteiger partial charge in [-0.05, 0) is 59.4 Å². The molecule has 3 aromatic carbocycles. The highest BCUT2D eigenvalue weighted by atomic mass is 16.5. The smallest absolute Gasteiger partial charge is 0.287 e. The second-order valence-electron chi connectivity index (χ2n) is 7.53. The van der Waals surface area contributed by atoms with Crippen LogP contribution in [0, 0.1) is 6.92 Å². The third-order valence-corrected chi connectivity index (χ3v) is 5.36. The van der Waals surface area contributed by atoms with Gasteiger partial charge in [-0.25, -0.2) is 0 Å². The van der Waals surface area contributed by atoms with E-state index < -0.39 is 0 Å². The molecule has 1 amide bonds. The van der Waals surface area contributed by atoms with Gasteiger partial charge in [0.2, 0.25) is 0 Å². The number of carbonyl (C=O) groups is 1. The molecule has 4 aromatic rings. The van der Waals surface area contributed by atoms with Gasteiger partial charge < -0.3 is 19.6 Å². The molecular formula is C26H25NO4. The van der Waals surface area contributed by atoms with Crippen molar-refractivity contribution in [2.24, 2.45) is 0 Å². The lowest BCUT2D eigenvalue weighted by atomic mass is 10.0. The van der Waals surface area contributed by atoms with Crippen molar-refractivity contribution >= 4 is 16.9 Å². The molecule has 0 aliphatic heterocycles. The molecule has 31 heavy (non-hydrogen) atoms. The summed E-state index contributed by atoms with van der Waals surface area (Å²) in [5, 5.41) is 12.9. The molecule has 0 saturated carbocycles. The molecule has 0 aliphatic rings. The van der Waals surface area contributed by atoms with Gasteiger partial charge in [0.1, 0.15) is 11.3 Å². The van der Waals surface area contributed by atoms with Gasteiger partial charge >= 0.3 is 0 Å². The van der Waals surface area contributed by atoms with Gasteiger partial charge in [0.15, 0.2) is 5.76 Å². The predicted octanol–water partition coefficient (Wildman–Crippen LogP) is 4.88. The summed E-state index contributed by atoms with van der Waals surface area (Å²) in [6, 6.07) is 21.6. The zero-order valence-corrected chi connectivity index (χ0v) is 17.6. The maximum atomic E-state index is 12.5. The fraction of sp³-hybridized carbons (Fsp3) is 0.192. The number of furan rings is 1. The van der Waals surface area contributed by atoms with Crippen molar-refractivity contribution in [3.8, 4) is 16.9 Å². The lowest BCUT2D eigenvalue weighted by Gasteiger charge is -2.06. The molecule has 0 bridgehead atoms. The van der Waals surface area contributed by atoms with Crippen molar-refractivity contribution in [2.45, 2.75) is 20.0 Å². The lowest BCUT2D eigenvalue weighted by Crippen LogP contribution is -2.25. The Hall–Kier alpha value is -3.57. The van der Waals surface area contributed by atoms with Crippen molar-refractivity contribution < 1.29 is 19.1 Å². The van der Waals surface area contributed by atoms with Gasteiger partial charge in [-0.2, -0.15) is 0 Å². The van der Waals surface area contributed by atoms with Crippen LogP contribution < -0.4 is 10.1 Å². The van der Waals surface area contributed by atoms with Crippen LogP contribution in [0.3, 0.4) is 0 Å². The molecule has 0 fully saturated rings. The summed E-state index contributed by atoms with van der Waals surface area (Å²) in [5.74, 6) is 0.814. The maximum Gasteiger partial charge on any atom is 0.287 e. The number of amides is 1. The fourth-order valence-corrected chi connectivity index (χ4v) is 3.60. The molecule has 158 valence electrons. The zero-order chi connectivity index (χ0) is 21.8. The third kappa shape index (κ3) is 4.62. The largest absolute Gasteiger partial charge is 0.497 e. The SMILES string of the molecule is COc1cc(C)c2oc(C(=O)NCCc3ccc(-c4ccc(CO)cc4)cc3)cc2c1. The number of methoxy groups -OCH3 is 1. The first-order valence-electron chi connectivity index (χ1n) is 10.2. The number of aliphatic hydroxyl groups is 1. The summed E-state index contributed by atoms with van der Waals surface area (Å²) in [6.07, 6.45) is 0.725. The Balaban J connectivity index is 1.36. The summed E-state index contributed by atoms with van der Waals surface area (Å²) in [5.41, 5.74) is 5.89. The quantitative estimate of drug-likeness (QED) is 0.451. The Morgan fingerprint density at radius 2 is 1.61 bits per heavy atom. The highest BCUT2D eigenvalue weighted by Gasteiger charge is 2.14. The first kappa shape index (κ1) is 20.7. The second-order valence-corrected chi connectivity index (χ2v) is 7.53. The Morgan fingerprint density at radius 1 is 0.968 bits per heavy atom. The number of carbonyl (C=O) groups excluding carboxylic acids is 1. The minimum atomic E-state index is -0.227. The number of aliphatic hydroxyl groups excluding tert-OH is 1. The van der Waals surface area contributed by atoms with E-state index in [0.29, 0.717) is 17.9 Å². The van der Waals surface area contributed by atoms with Crippen LogP contribution in [-0.2, 0) is 13.0 Å². The molecule has 0 unspecified atom stereocenters. The molecule has 0 radical (unpaired) electrons. The van der Waals surface area contributed by atoms with E-state index in [4.69, 9.17) is 14.3 Å². The molecular weight excluding hydrogens is 390 g/mol. The highest BCUT2D eigenvalue weighted by molar-refractivity contribution is 5.97. The molecule has 0 aliphatic carbocycles. The van der Waals surface area contributed by atoms with Gasteiger partial charge in [0, 0.05) is 11.9 Å². The van der Waals surface area contributed by atoms with Crippen LogP contribution in [0.4, 0.5) is 0 Å². The summed E-state index contributed by atoms with van der Waals surface area (Å²) >= 11 is 0. The third-order valence-electron chi connectivity index (χ3n) is 5.36. The Kier molecular flexibility index (Phi) is 6.05. The van der Waals surface area contributed by atoms with E-state index in [-0.39, 0.29) is 12.5 Å². The van der Waals surface area contributed by atoms with E-state index in [2.05, 4.69) is 29.6 Å². The summed E-state index contributed by atoms with van der Waals surface area (Å²) in [7, 11) is 1.62. The van der Waals surface area contributed by atoms with E-state index in [1.165, 1.54) is 0 Å². The highest BCUT2D eigenvalue weighted by Crippen LogP contribution is 2.28. The predicted molar refractivity (Wildman–Crippen MR) is 121 cm³/mol. The van der Waals surface area contributed by atoms with E-state index in [0.717, 1.165) is 45.4 Å². The first-order chi connectivity index (χ1) is 15.1. The average Bonchev–Trinajstić information content (AvgIpc) is 3.24. The number of hydrogen-bond acceptors (Lipinski definition) is 4. The molecule has 4 rings (SSSR count). The normalized spacial score (nSPS) is 10.9. The monoisotopic (exact) mass is 415 g/mol. The topological polar surface area (TPSA) is 71.7 Å². The molecule has 0 saturated heterocycles. The molecule has 2 N–H and O–H groups in total. The Bertz CT molecular complexity index is 1190. The van der Waals surface area contributed by atoms with Crippen LogP contribution in [0.2, 0.25) is 0 Å². The van der Waals surface area contributed by atoms with Gasteiger partial charge in [0.25, 0.3) is 5.91 Å². The zero-order valence-electron chi connectivity index (χ0n) is 17.6. The van der Waals surface area contributed by atoms with Crippen molar-refractivity contribution in [1.29, 1.82) is 0 Å². The van der Waals surface area contributed by atoms with Crippen LogP contribution in [-0.4, -0.2) is 24.7 Å². The first-order valence-corrected chi connectivity index (χ1v) is 10.2. The standard InChI is InChI=1S/C26H25NO4/c1-17-13-23(30-2)14-22-15-24(31-25(17)22)26(29)27-12-11-18-3-7-20(8-4-18)21-9-5-19(16-28)6-10-21/h3-10,13-15,28H,11-12,16H2,1-2H3,(H,27,29).